The van der Waals surface area contributed by atoms with Gasteiger partial charge in [-0.15, -0.1) is 0 Å². The SMILES string of the molecule is Cc1ccc(COc2c(Cl)cc(Cl)cc2CNC(C(=O)O)C(C)C)cc1. The predicted molar refractivity (Wildman–Crippen MR) is 105 cm³/mol. The molecule has 0 aliphatic heterocycles. The molecular formula is C20H23Cl2NO3. The summed E-state index contributed by atoms with van der Waals surface area (Å²) in [4.78, 5) is 11.4. The maximum Gasteiger partial charge on any atom is 0.320 e. The zero-order chi connectivity index (χ0) is 19.3. The largest absolute Gasteiger partial charge is 0.487 e. The summed E-state index contributed by atoms with van der Waals surface area (Å²) in [7, 11) is 0. The fraction of sp³-hybridized carbons (Fsp3) is 0.350. The van der Waals surface area contributed by atoms with Crippen LogP contribution >= 0.6 is 23.2 Å². The van der Waals surface area contributed by atoms with Crippen molar-refractivity contribution >= 4 is 29.2 Å². The van der Waals surface area contributed by atoms with E-state index in [0.717, 1.165) is 11.1 Å². The van der Waals surface area contributed by atoms with Crippen molar-refractivity contribution in [3.05, 3.63) is 63.1 Å². The van der Waals surface area contributed by atoms with Gasteiger partial charge in [-0.05, 0) is 30.5 Å². The highest BCUT2D eigenvalue weighted by molar-refractivity contribution is 6.35. The summed E-state index contributed by atoms with van der Waals surface area (Å²) in [6, 6.07) is 10.7. The van der Waals surface area contributed by atoms with Crippen molar-refractivity contribution in [2.24, 2.45) is 5.92 Å². The number of halogens is 2. The summed E-state index contributed by atoms with van der Waals surface area (Å²) in [5.74, 6) is -0.439. The second kappa shape index (κ2) is 9.26. The van der Waals surface area contributed by atoms with E-state index in [0.29, 0.717) is 28.9 Å². The molecule has 0 spiro atoms. The lowest BCUT2D eigenvalue weighted by Crippen LogP contribution is -2.40. The number of ether oxygens (including phenoxy) is 1. The van der Waals surface area contributed by atoms with Gasteiger partial charge in [0, 0.05) is 17.1 Å². The van der Waals surface area contributed by atoms with Gasteiger partial charge in [-0.1, -0.05) is 66.9 Å². The van der Waals surface area contributed by atoms with Crippen LogP contribution in [0.5, 0.6) is 5.75 Å². The Hall–Kier alpha value is -1.75. The molecular weight excluding hydrogens is 373 g/mol. The Kier molecular flexibility index (Phi) is 7.33. The number of hydrogen-bond donors (Lipinski definition) is 2. The van der Waals surface area contributed by atoms with Crippen LogP contribution in [0, 0.1) is 12.8 Å². The quantitative estimate of drug-likeness (QED) is 0.654. The highest BCUT2D eigenvalue weighted by atomic mass is 35.5. The molecule has 2 aromatic carbocycles. The third kappa shape index (κ3) is 5.63. The average molecular weight is 396 g/mol. The van der Waals surface area contributed by atoms with Crippen LogP contribution in [0.15, 0.2) is 36.4 Å². The van der Waals surface area contributed by atoms with Crippen LogP contribution < -0.4 is 10.1 Å². The maximum absolute atomic E-state index is 11.4. The van der Waals surface area contributed by atoms with Crippen molar-refractivity contribution in [1.82, 2.24) is 5.32 Å². The average Bonchev–Trinajstić information content (AvgIpc) is 2.55. The van der Waals surface area contributed by atoms with Crippen LogP contribution in [0.2, 0.25) is 10.0 Å². The Balaban J connectivity index is 2.17. The first-order valence-corrected chi connectivity index (χ1v) is 9.16. The van der Waals surface area contributed by atoms with E-state index in [1.54, 1.807) is 12.1 Å². The lowest BCUT2D eigenvalue weighted by molar-refractivity contribution is -0.140. The number of benzene rings is 2. The lowest BCUT2D eigenvalue weighted by atomic mass is 10.0. The van der Waals surface area contributed by atoms with Gasteiger partial charge < -0.3 is 9.84 Å². The Morgan fingerprint density at radius 1 is 1.19 bits per heavy atom. The van der Waals surface area contributed by atoms with E-state index in [1.807, 2.05) is 45.0 Å². The van der Waals surface area contributed by atoms with Gasteiger partial charge in [0.05, 0.1) is 5.02 Å². The topological polar surface area (TPSA) is 58.6 Å². The molecule has 0 heterocycles. The molecule has 0 radical (unpaired) electrons. The highest BCUT2D eigenvalue weighted by Crippen LogP contribution is 2.33. The number of aryl methyl sites for hydroxylation is 1. The normalized spacial score (nSPS) is 12.2. The van der Waals surface area contributed by atoms with Gasteiger partial charge in [0.15, 0.2) is 0 Å². The second-order valence-electron chi connectivity index (χ2n) is 6.59. The standard InChI is InChI=1S/C20H23Cl2NO3/c1-12(2)18(20(24)25)23-10-15-8-16(21)9-17(22)19(15)26-11-14-6-4-13(3)5-7-14/h4-9,12,18,23H,10-11H2,1-3H3,(H,24,25). The molecule has 0 saturated carbocycles. The van der Waals surface area contributed by atoms with Crippen LogP contribution in [0.25, 0.3) is 0 Å². The number of rotatable bonds is 8. The molecule has 1 atom stereocenters. The Morgan fingerprint density at radius 2 is 1.85 bits per heavy atom. The Morgan fingerprint density at radius 3 is 2.42 bits per heavy atom. The van der Waals surface area contributed by atoms with Crippen molar-refractivity contribution in [1.29, 1.82) is 0 Å². The van der Waals surface area contributed by atoms with Gasteiger partial charge in [0.2, 0.25) is 0 Å². The van der Waals surface area contributed by atoms with E-state index in [9.17, 15) is 9.90 Å². The Bertz CT molecular complexity index is 760. The number of carbonyl (C=O) groups is 1. The van der Waals surface area contributed by atoms with E-state index in [-0.39, 0.29) is 5.92 Å². The zero-order valence-corrected chi connectivity index (χ0v) is 16.6. The minimum absolute atomic E-state index is 0.0564. The minimum atomic E-state index is -0.893. The van der Waals surface area contributed by atoms with E-state index < -0.39 is 12.0 Å². The van der Waals surface area contributed by atoms with Gasteiger partial charge in [-0.2, -0.15) is 0 Å². The van der Waals surface area contributed by atoms with Gasteiger partial charge in [0.25, 0.3) is 0 Å². The highest BCUT2D eigenvalue weighted by Gasteiger charge is 2.21. The number of carboxylic acid groups (broad SMARTS) is 1. The van der Waals surface area contributed by atoms with Crippen molar-refractivity contribution in [2.75, 3.05) is 0 Å². The molecule has 1 unspecified atom stereocenters. The number of hydrogen-bond acceptors (Lipinski definition) is 3. The van der Waals surface area contributed by atoms with Gasteiger partial charge in [-0.3, -0.25) is 10.1 Å². The molecule has 2 rings (SSSR count). The molecule has 4 nitrogen and oxygen atoms in total. The van der Waals surface area contributed by atoms with Crippen LogP contribution in [0.1, 0.15) is 30.5 Å². The summed E-state index contributed by atoms with van der Waals surface area (Å²) in [6.07, 6.45) is 0. The first kappa shape index (κ1) is 20.6. The summed E-state index contributed by atoms with van der Waals surface area (Å²) in [5.41, 5.74) is 2.92. The summed E-state index contributed by atoms with van der Waals surface area (Å²) in [6.45, 7) is 6.38. The van der Waals surface area contributed by atoms with Crippen molar-refractivity contribution in [2.45, 2.75) is 40.0 Å². The molecule has 140 valence electrons. The van der Waals surface area contributed by atoms with E-state index in [2.05, 4.69) is 5.32 Å². The third-order valence-corrected chi connectivity index (χ3v) is 4.53. The molecule has 0 amide bonds. The second-order valence-corrected chi connectivity index (χ2v) is 7.43. The Labute approximate surface area is 164 Å². The van der Waals surface area contributed by atoms with Crippen molar-refractivity contribution < 1.29 is 14.6 Å². The van der Waals surface area contributed by atoms with Gasteiger partial charge >= 0.3 is 5.97 Å². The van der Waals surface area contributed by atoms with Crippen LogP contribution in [0.4, 0.5) is 0 Å². The minimum Gasteiger partial charge on any atom is -0.487 e. The maximum atomic E-state index is 11.4. The molecule has 6 heteroatoms. The molecule has 0 aliphatic rings. The third-order valence-electron chi connectivity index (χ3n) is 4.03. The monoisotopic (exact) mass is 395 g/mol. The fourth-order valence-corrected chi connectivity index (χ4v) is 3.16. The first-order chi connectivity index (χ1) is 12.3. The van der Waals surface area contributed by atoms with Crippen LogP contribution in [0.3, 0.4) is 0 Å². The molecule has 0 saturated heterocycles. The predicted octanol–water partition coefficient (Wildman–Crippen LogP) is 5.08. The molecule has 2 N–H and O–H groups in total. The molecule has 0 aromatic heterocycles. The van der Waals surface area contributed by atoms with E-state index in [4.69, 9.17) is 27.9 Å². The summed E-state index contributed by atoms with van der Waals surface area (Å²) in [5, 5.41) is 13.2. The first-order valence-electron chi connectivity index (χ1n) is 8.40. The van der Waals surface area contributed by atoms with Gasteiger partial charge in [-0.25, -0.2) is 0 Å². The molecule has 0 aliphatic carbocycles. The summed E-state index contributed by atoms with van der Waals surface area (Å²) < 4.78 is 5.92. The van der Waals surface area contributed by atoms with E-state index in [1.165, 1.54) is 5.56 Å². The zero-order valence-electron chi connectivity index (χ0n) is 15.1. The van der Waals surface area contributed by atoms with E-state index >= 15 is 0 Å². The van der Waals surface area contributed by atoms with Crippen molar-refractivity contribution in [3.63, 3.8) is 0 Å². The molecule has 26 heavy (non-hydrogen) atoms. The number of aliphatic carboxylic acids is 1. The smallest absolute Gasteiger partial charge is 0.320 e. The van der Waals surface area contributed by atoms with Crippen LogP contribution in [-0.2, 0) is 17.9 Å². The number of nitrogens with one attached hydrogen (secondary N) is 1. The number of carboxylic acids is 1. The molecule has 0 bridgehead atoms. The molecule has 2 aromatic rings. The fourth-order valence-electron chi connectivity index (χ4n) is 2.57. The molecule has 0 fully saturated rings. The van der Waals surface area contributed by atoms with Gasteiger partial charge in [0.1, 0.15) is 18.4 Å². The van der Waals surface area contributed by atoms with Crippen molar-refractivity contribution in [3.8, 4) is 5.75 Å². The lowest BCUT2D eigenvalue weighted by Gasteiger charge is -2.20. The summed E-state index contributed by atoms with van der Waals surface area (Å²) >= 11 is 12.4. The van der Waals surface area contributed by atoms with Crippen LogP contribution in [-0.4, -0.2) is 17.1 Å².